The highest BCUT2D eigenvalue weighted by Crippen LogP contribution is 2.31. The van der Waals surface area contributed by atoms with Crippen molar-refractivity contribution in [3.8, 4) is 0 Å². The molecule has 0 bridgehead atoms. The average molecular weight is 281 g/mol. The predicted octanol–water partition coefficient (Wildman–Crippen LogP) is 3.32. The zero-order chi connectivity index (χ0) is 15.4. The van der Waals surface area contributed by atoms with Crippen molar-refractivity contribution in [2.45, 2.75) is 52.6 Å². The lowest BCUT2D eigenvalue weighted by Gasteiger charge is -2.31. The molecule has 20 heavy (non-hydrogen) atoms. The van der Waals surface area contributed by atoms with Gasteiger partial charge in [-0.05, 0) is 49.9 Å². The maximum atomic E-state index is 13.2. The third kappa shape index (κ3) is 4.04. The van der Waals surface area contributed by atoms with E-state index in [0.29, 0.717) is 5.92 Å². The molecule has 0 amide bonds. The number of aryl methyl sites for hydroxylation is 1. The normalized spacial score (nSPS) is 15.9. The van der Waals surface area contributed by atoms with Gasteiger partial charge < -0.3 is 10.4 Å². The smallest absolute Gasteiger partial charge is 0.320 e. The summed E-state index contributed by atoms with van der Waals surface area (Å²) in [5.74, 6) is -0.650. The first-order chi connectivity index (χ1) is 9.23. The zero-order valence-electron chi connectivity index (χ0n) is 12.8. The zero-order valence-corrected chi connectivity index (χ0v) is 12.8. The fourth-order valence-electron chi connectivity index (χ4n) is 2.79. The molecule has 0 saturated carbocycles. The van der Waals surface area contributed by atoms with Gasteiger partial charge >= 0.3 is 5.97 Å². The predicted molar refractivity (Wildman–Crippen MR) is 78.4 cm³/mol. The number of nitrogens with one attached hydrogen (secondary N) is 1. The summed E-state index contributed by atoms with van der Waals surface area (Å²) in [4.78, 5) is 11.0. The molecular weight excluding hydrogens is 257 g/mol. The maximum Gasteiger partial charge on any atom is 0.320 e. The summed E-state index contributed by atoms with van der Waals surface area (Å²) in [5.41, 5.74) is 1.97. The van der Waals surface area contributed by atoms with E-state index >= 15 is 0 Å². The van der Waals surface area contributed by atoms with Crippen LogP contribution in [0.1, 0.15) is 44.7 Å². The number of rotatable bonds is 6. The van der Waals surface area contributed by atoms with Gasteiger partial charge in [-0.2, -0.15) is 0 Å². The molecule has 0 heterocycles. The number of carboxylic acids is 1. The fraction of sp³-hybridized carbons (Fsp3) is 0.562. The van der Waals surface area contributed by atoms with Crippen LogP contribution in [0.2, 0.25) is 0 Å². The van der Waals surface area contributed by atoms with Gasteiger partial charge in [0.15, 0.2) is 0 Å². The molecule has 0 saturated heterocycles. The highest BCUT2D eigenvalue weighted by atomic mass is 19.1. The summed E-state index contributed by atoms with van der Waals surface area (Å²) in [6.07, 6.45) is 0. The van der Waals surface area contributed by atoms with Crippen molar-refractivity contribution >= 4 is 5.97 Å². The van der Waals surface area contributed by atoms with Gasteiger partial charge in [0.25, 0.3) is 0 Å². The highest BCUT2D eigenvalue weighted by molar-refractivity contribution is 5.72. The monoisotopic (exact) mass is 281 g/mol. The first kappa shape index (κ1) is 16.6. The molecule has 0 aromatic heterocycles. The number of halogens is 1. The van der Waals surface area contributed by atoms with E-state index < -0.39 is 12.0 Å². The van der Waals surface area contributed by atoms with Crippen molar-refractivity contribution in [2.75, 3.05) is 0 Å². The van der Waals surface area contributed by atoms with E-state index in [2.05, 4.69) is 19.2 Å². The van der Waals surface area contributed by atoms with Crippen molar-refractivity contribution in [3.63, 3.8) is 0 Å². The van der Waals surface area contributed by atoms with Crippen molar-refractivity contribution in [1.29, 1.82) is 0 Å². The number of carboxylic acid groups (broad SMARTS) is 1. The van der Waals surface area contributed by atoms with E-state index in [9.17, 15) is 9.18 Å². The van der Waals surface area contributed by atoms with Gasteiger partial charge in [-0.15, -0.1) is 0 Å². The molecule has 0 aliphatic heterocycles. The van der Waals surface area contributed by atoms with Gasteiger partial charge in [0.1, 0.15) is 11.9 Å². The van der Waals surface area contributed by atoms with Crippen LogP contribution in [0.5, 0.6) is 0 Å². The Balaban J connectivity index is 3.02. The van der Waals surface area contributed by atoms with E-state index in [4.69, 9.17) is 5.11 Å². The number of hydrogen-bond acceptors (Lipinski definition) is 2. The molecule has 0 aliphatic rings. The third-order valence-electron chi connectivity index (χ3n) is 3.73. The first-order valence-corrected chi connectivity index (χ1v) is 6.99. The fourth-order valence-corrected chi connectivity index (χ4v) is 2.79. The number of carbonyl (C=O) groups is 1. The van der Waals surface area contributed by atoms with Gasteiger partial charge in [-0.1, -0.05) is 19.9 Å². The molecular formula is C16H24FNO2. The summed E-state index contributed by atoms with van der Waals surface area (Å²) in [6, 6.07) is 4.18. The van der Waals surface area contributed by atoms with Crippen molar-refractivity contribution in [3.05, 3.63) is 35.1 Å². The van der Waals surface area contributed by atoms with E-state index in [1.807, 2.05) is 13.8 Å². The molecule has 0 aliphatic carbocycles. The summed E-state index contributed by atoms with van der Waals surface area (Å²) in [5, 5.41) is 12.1. The van der Waals surface area contributed by atoms with Gasteiger partial charge in [-0.3, -0.25) is 4.79 Å². The Bertz CT molecular complexity index is 474. The van der Waals surface area contributed by atoms with Crippen LogP contribution in [0.4, 0.5) is 4.39 Å². The topological polar surface area (TPSA) is 49.3 Å². The molecule has 1 rings (SSSR count). The van der Waals surface area contributed by atoms with Crippen LogP contribution in [0.15, 0.2) is 18.2 Å². The molecule has 1 aromatic rings. The Labute approximate surface area is 120 Å². The van der Waals surface area contributed by atoms with Crippen LogP contribution in [0.3, 0.4) is 0 Å². The van der Waals surface area contributed by atoms with E-state index in [0.717, 1.165) is 11.1 Å². The molecule has 2 N–H and O–H groups in total. The van der Waals surface area contributed by atoms with Crippen LogP contribution >= 0.6 is 0 Å². The second-order valence-electron chi connectivity index (χ2n) is 5.79. The van der Waals surface area contributed by atoms with Gasteiger partial charge in [-0.25, -0.2) is 4.39 Å². The Hall–Kier alpha value is -1.42. The van der Waals surface area contributed by atoms with Gasteiger partial charge in [0.2, 0.25) is 0 Å². The summed E-state index contributed by atoms with van der Waals surface area (Å²) in [6.45, 7) is 9.69. The lowest BCUT2D eigenvalue weighted by atomic mass is 9.81. The number of benzene rings is 1. The largest absolute Gasteiger partial charge is 0.480 e. The second kappa shape index (κ2) is 6.84. The quantitative estimate of drug-likeness (QED) is 0.841. The van der Waals surface area contributed by atoms with Crippen molar-refractivity contribution in [2.24, 2.45) is 5.92 Å². The minimum Gasteiger partial charge on any atom is -0.480 e. The molecule has 0 fully saturated rings. The lowest BCUT2D eigenvalue weighted by molar-refractivity contribution is -0.139. The van der Waals surface area contributed by atoms with Gasteiger partial charge in [0.05, 0.1) is 0 Å². The SMILES string of the molecule is Cc1cc(F)ccc1C(C(C)C)C(C)N[C@@H](C)C(=O)O. The maximum absolute atomic E-state index is 13.2. The molecule has 0 spiro atoms. The molecule has 2 unspecified atom stereocenters. The summed E-state index contributed by atoms with van der Waals surface area (Å²) < 4.78 is 13.2. The van der Waals surface area contributed by atoms with Crippen LogP contribution in [-0.2, 0) is 4.79 Å². The van der Waals surface area contributed by atoms with E-state index in [1.54, 1.807) is 13.0 Å². The minimum atomic E-state index is -0.866. The third-order valence-corrected chi connectivity index (χ3v) is 3.73. The van der Waals surface area contributed by atoms with Crippen molar-refractivity contribution in [1.82, 2.24) is 5.32 Å². The molecule has 3 nitrogen and oxygen atoms in total. The Morgan fingerprint density at radius 1 is 1.25 bits per heavy atom. The Morgan fingerprint density at radius 2 is 1.85 bits per heavy atom. The molecule has 0 radical (unpaired) electrons. The first-order valence-electron chi connectivity index (χ1n) is 6.99. The average Bonchev–Trinajstić information content (AvgIpc) is 2.31. The Morgan fingerprint density at radius 3 is 2.30 bits per heavy atom. The summed E-state index contributed by atoms with van der Waals surface area (Å²) in [7, 11) is 0. The highest BCUT2D eigenvalue weighted by Gasteiger charge is 2.26. The van der Waals surface area contributed by atoms with E-state index in [-0.39, 0.29) is 17.8 Å². The molecule has 112 valence electrons. The van der Waals surface area contributed by atoms with E-state index in [1.165, 1.54) is 12.1 Å². The molecule has 3 atom stereocenters. The molecule has 1 aromatic carbocycles. The Kier molecular flexibility index (Phi) is 5.69. The lowest BCUT2D eigenvalue weighted by Crippen LogP contribution is -2.44. The van der Waals surface area contributed by atoms with Crippen molar-refractivity contribution < 1.29 is 14.3 Å². The summed E-state index contributed by atoms with van der Waals surface area (Å²) >= 11 is 0. The molecule has 4 heteroatoms. The van der Waals surface area contributed by atoms with Crippen LogP contribution in [0.25, 0.3) is 0 Å². The second-order valence-corrected chi connectivity index (χ2v) is 5.79. The van der Waals surface area contributed by atoms with Gasteiger partial charge in [0, 0.05) is 12.0 Å². The number of hydrogen-bond donors (Lipinski definition) is 2. The van der Waals surface area contributed by atoms with Crippen LogP contribution in [-0.4, -0.2) is 23.2 Å². The van der Waals surface area contributed by atoms with Crippen LogP contribution < -0.4 is 5.32 Å². The standard InChI is InChI=1S/C16H24FNO2/c1-9(2)15(11(4)18-12(5)16(19)20)14-7-6-13(17)8-10(14)3/h6-9,11-12,15,18H,1-5H3,(H,19,20)/t11?,12-,15?/m0/s1. The number of aliphatic carboxylic acids is 1. The van der Waals surface area contributed by atoms with Crippen LogP contribution in [0, 0.1) is 18.7 Å². The minimum absolute atomic E-state index is 0.00902.